The van der Waals surface area contributed by atoms with Crippen molar-refractivity contribution in [3.8, 4) is 11.1 Å². The first kappa shape index (κ1) is 13.9. The van der Waals surface area contributed by atoms with Gasteiger partial charge in [-0.25, -0.2) is 0 Å². The Morgan fingerprint density at radius 1 is 1.00 bits per heavy atom. The van der Waals surface area contributed by atoms with Crippen molar-refractivity contribution >= 4 is 24.3 Å². The van der Waals surface area contributed by atoms with Gasteiger partial charge in [-0.05, 0) is 35.4 Å². The van der Waals surface area contributed by atoms with Gasteiger partial charge in [0.15, 0.2) is 5.78 Å². The van der Waals surface area contributed by atoms with Crippen LogP contribution in [-0.2, 0) is 0 Å². The molecule has 3 nitrogen and oxygen atoms in total. The van der Waals surface area contributed by atoms with Crippen LogP contribution in [0.15, 0.2) is 42.5 Å². The highest BCUT2D eigenvalue weighted by atomic mass is 32.1. The van der Waals surface area contributed by atoms with Crippen molar-refractivity contribution < 1.29 is 9.59 Å². The molecule has 0 heterocycles. The Morgan fingerprint density at radius 2 is 1.71 bits per heavy atom. The van der Waals surface area contributed by atoms with Gasteiger partial charge in [0.2, 0.25) is 0 Å². The lowest BCUT2D eigenvalue weighted by Crippen LogP contribution is -2.24. The highest BCUT2D eigenvalue weighted by molar-refractivity contribution is 7.80. The molecular formula is C17H15NO2S. The Kier molecular flexibility index (Phi) is 3.80. The van der Waals surface area contributed by atoms with E-state index in [-0.39, 0.29) is 11.7 Å². The van der Waals surface area contributed by atoms with Crippen LogP contribution in [0.5, 0.6) is 0 Å². The van der Waals surface area contributed by atoms with E-state index in [9.17, 15) is 9.59 Å². The van der Waals surface area contributed by atoms with E-state index in [0.29, 0.717) is 23.2 Å². The number of ketones is 1. The molecule has 1 N–H and O–H groups in total. The molecule has 0 aromatic heterocycles. The molecular weight excluding hydrogens is 282 g/mol. The molecule has 3 rings (SSSR count). The maximum atomic E-state index is 12.4. The Balaban J connectivity index is 1.90. The molecule has 106 valence electrons. The number of fused-ring (bicyclic) bond motifs is 3. The van der Waals surface area contributed by atoms with Crippen molar-refractivity contribution in [3.63, 3.8) is 0 Å². The minimum absolute atomic E-state index is 0.00870. The average Bonchev–Trinajstić information content (AvgIpc) is 2.81. The van der Waals surface area contributed by atoms with Gasteiger partial charge in [0.25, 0.3) is 5.91 Å². The number of benzene rings is 2. The second-order valence-electron chi connectivity index (χ2n) is 4.97. The summed E-state index contributed by atoms with van der Waals surface area (Å²) >= 11 is 4.11. The van der Waals surface area contributed by atoms with Crippen LogP contribution < -0.4 is 5.32 Å². The second kappa shape index (κ2) is 5.74. The first-order valence-corrected chi connectivity index (χ1v) is 7.53. The SMILES string of the molecule is O=C(NCCCS)c1ccc2c(c1)C(=O)c1ccccc1-2. The van der Waals surface area contributed by atoms with Crippen LogP contribution in [0.25, 0.3) is 11.1 Å². The van der Waals surface area contributed by atoms with E-state index in [2.05, 4.69) is 17.9 Å². The number of hydrogen-bond acceptors (Lipinski definition) is 3. The van der Waals surface area contributed by atoms with Gasteiger partial charge in [0, 0.05) is 23.2 Å². The Morgan fingerprint density at radius 3 is 2.48 bits per heavy atom. The fourth-order valence-corrected chi connectivity index (χ4v) is 2.71. The van der Waals surface area contributed by atoms with Crippen molar-refractivity contribution in [1.82, 2.24) is 5.32 Å². The van der Waals surface area contributed by atoms with Crippen LogP contribution in [0, 0.1) is 0 Å². The van der Waals surface area contributed by atoms with Crippen molar-refractivity contribution in [3.05, 3.63) is 59.2 Å². The minimum Gasteiger partial charge on any atom is -0.352 e. The predicted molar refractivity (Wildman–Crippen MR) is 86.1 cm³/mol. The standard InChI is InChI=1S/C17H15NO2S/c19-16-14-5-2-1-4-12(14)13-7-6-11(10-15(13)16)17(20)18-8-3-9-21/h1-2,4-7,10,21H,3,8-9H2,(H,18,20). The third-order valence-corrected chi connectivity index (χ3v) is 3.92. The second-order valence-corrected chi connectivity index (χ2v) is 5.42. The smallest absolute Gasteiger partial charge is 0.251 e. The molecule has 4 heteroatoms. The Labute approximate surface area is 128 Å². The fourth-order valence-electron chi connectivity index (χ4n) is 2.55. The van der Waals surface area contributed by atoms with Crippen molar-refractivity contribution in [1.29, 1.82) is 0 Å². The molecule has 0 saturated heterocycles. The van der Waals surface area contributed by atoms with E-state index in [4.69, 9.17) is 0 Å². The maximum Gasteiger partial charge on any atom is 0.251 e. The van der Waals surface area contributed by atoms with Gasteiger partial charge in [-0.2, -0.15) is 12.6 Å². The molecule has 0 radical (unpaired) electrons. The van der Waals surface area contributed by atoms with E-state index in [1.165, 1.54) is 0 Å². The number of nitrogens with one attached hydrogen (secondary N) is 1. The molecule has 0 unspecified atom stereocenters. The topological polar surface area (TPSA) is 46.2 Å². The summed E-state index contributed by atoms with van der Waals surface area (Å²) in [4.78, 5) is 24.4. The lowest BCUT2D eigenvalue weighted by Gasteiger charge is -2.06. The van der Waals surface area contributed by atoms with E-state index >= 15 is 0 Å². The predicted octanol–water partition coefficient (Wildman–Crippen LogP) is 2.95. The van der Waals surface area contributed by atoms with Gasteiger partial charge in [-0.3, -0.25) is 9.59 Å². The molecule has 1 aliphatic rings. The van der Waals surface area contributed by atoms with Crippen LogP contribution in [0.4, 0.5) is 0 Å². The first-order chi connectivity index (χ1) is 10.2. The molecule has 0 fully saturated rings. The van der Waals surface area contributed by atoms with Gasteiger partial charge < -0.3 is 5.32 Å². The van der Waals surface area contributed by atoms with Gasteiger partial charge in [0.05, 0.1) is 0 Å². The number of amides is 1. The molecule has 0 saturated carbocycles. The molecule has 21 heavy (non-hydrogen) atoms. The quantitative estimate of drug-likeness (QED) is 0.574. The summed E-state index contributed by atoms with van der Waals surface area (Å²) in [6, 6.07) is 12.8. The number of carbonyl (C=O) groups is 2. The number of rotatable bonds is 4. The number of thiol groups is 1. The minimum atomic E-state index is -0.150. The van der Waals surface area contributed by atoms with Crippen LogP contribution in [0.2, 0.25) is 0 Å². The first-order valence-electron chi connectivity index (χ1n) is 6.89. The van der Waals surface area contributed by atoms with E-state index in [1.54, 1.807) is 12.1 Å². The Hall–Kier alpha value is -2.07. The summed E-state index contributed by atoms with van der Waals surface area (Å²) in [6.07, 6.45) is 0.824. The summed E-state index contributed by atoms with van der Waals surface area (Å²) in [6.45, 7) is 0.591. The van der Waals surface area contributed by atoms with E-state index in [1.807, 2.05) is 30.3 Å². The highest BCUT2D eigenvalue weighted by Gasteiger charge is 2.26. The summed E-state index contributed by atoms with van der Waals surface area (Å²) in [5, 5.41) is 2.83. The molecule has 0 bridgehead atoms. The fraction of sp³-hybridized carbons (Fsp3) is 0.176. The third-order valence-electron chi connectivity index (χ3n) is 3.61. The highest BCUT2D eigenvalue weighted by Crippen LogP contribution is 2.36. The molecule has 0 aliphatic heterocycles. The summed E-state index contributed by atoms with van der Waals surface area (Å²) in [5.74, 6) is 0.576. The van der Waals surface area contributed by atoms with Gasteiger partial charge in [-0.15, -0.1) is 0 Å². The molecule has 2 aromatic carbocycles. The molecule has 0 spiro atoms. The normalized spacial score (nSPS) is 12.0. The van der Waals surface area contributed by atoms with Crippen molar-refractivity contribution in [2.45, 2.75) is 6.42 Å². The van der Waals surface area contributed by atoms with Gasteiger partial charge in [-0.1, -0.05) is 30.3 Å². The lowest BCUT2D eigenvalue weighted by molar-refractivity contribution is 0.0954. The van der Waals surface area contributed by atoms with Crippen LogP contribution >= 0.6 is 12.6 Å². The van der Waals surface area contributed by atoms with E-state index < -0.39 is 0 Å². The zero-order valence-electron chi connectivity index (χ0n) is 11.4. The Bertz CT molecular complexity index is 724. The largest absolute Gasteiger partial charge is 0.352 e. The molecule has 1 aliphatic carbocycles. The molecule has 2 aromatic rings. The summed E-state index contributed by atoms with van der Waals surface area (Å²) < 4.78 is 0. The summed E-state index contributed by atoms with van der Waals surface area (Å²) in [7, 11) is 0. The average molecular weight is 297 g/mol. The third kappa shape index (κ3) is 2.47. The molecule has 0 atom stereocenters. The van der Waals surface area contributed by atoms with Gasteiger partial charge in [0.1, 0.15) is 0 Å². The van der Waals surface area contributed by atoms with E-state index in [0.717, 1.165) is 23.3 Å². The van der Waals surface area contributed by atoms with Crippen molar-refractivity contribution in [2.75, 3.05) is 12.3 Å². The van der Waals surface area contributed by atoms with Crippen LogP contribution in [0.3, 0.4) is 0 Å². The zero-order chi connectivity index (χ0) is 14.8. The van der Waals surface area contributed by atoms with Crippen LogP contribution in [-0.4, -0.2) is 24.0 Å². The zero-order valence-corrected chi connectivity index (χ0v) is 12.3. The van der Waals surface area contributed by atoms with Gasteiger partial charge >= 0.3 is 0 Å². The van der Waals surface area contributed by atoms with Crippen molar-refractivity contribution in [2.24, 2.45) is 0 Å². The lowest BCUT2D eigenvalue weighted by atomic mass is 10.0. The number of carbonyl (C=O) groups excluding carboxylic acids is 2. The monoisotopic (exact) mass is 297 g/mol. The number of hydrogen-bond donors (Lipinski definition) is 2. The summed E-state index contributed by atoms with van der Waals surface area (Å²) in [5.41, 5.74) is 3.69. The molecule has 1 amide bonds. The maximum absolute atomic E-state index is 12.4. The van der Waals surface area contributed by atoms with Crippen LogP contribution in [0.1, 0.15) is 32.7 Å².